The van der Waals surface area contributed by atoms with Crippen molar-refractivity contribution in [3.8, 4) is 0 Å². The first-order chi connectivity index (χ1) is 14.1. The molecule has 0 aromatic heterocycles. The molecule has 2 aliphatic heterocycles. The van der Waals surface area contributed by atoms with E-state index in [2.05, 4.69) is 33.0 Å². The van der Waals surface area contributed by atoms with Gasteiger partial charge in [-0.25, -0.2) is 9.59 Å². The number of hydrogen-bond acceptors (Lipinski definition) is 7. The Balaban J connectivity index is 1.78. The number of nitrogens with zero attached hydrogens (tertiary/aromatic N) is 1. The molecule has 2 heterocycles. The molecule has 176 valence electrons. The minimum atomic E-state index is -0.671. The molecule has 3 aliphatic rings. The van der Waals surface area contributed by atoms with Gasteiger partial charge in [0.2, 0.25) is 0 Å². The molecule has 1 saturated carbocycles. The summed E-state index contributed by atoms with van der Waals surface area (Å²) in [5.74, 6) is -0.158. The second-order valence-electron chi connectivity index (χ2n) is 11.3. The van der Waals surface area contributed by atoms with Crippen LogP contribution in [0, 0.1) is 11.8 Å². The second kappa shape index (κ2) is 7.92. The lowest BCUT2D eigenvalue weighted by Crippen LogP contribution is -2.48. The van der Waals surface area contributed by atoms with E-state index in [1.807, 2.05) is 27.8 Å². The van der Waals surface area contributed by atoms with E-state index in [4.69, 9.17) is 18.8 Å². The molecular weight excluding hydrogens is 399 g/mol. The SMILES string of the molecule is CN[C@@]12CC(CB3OC(C)(C)C(C)(C)O3)C[C@@H]1C(C(=O)OC)N(C(=O)OC(C)(C)C)C2. The Kier molecular flexibility index (Phi) is 6.22. The summed E-state index contributed by atoms with van der Waals surface area (Å²) >= 11 is 0. The van der Waals surface area contributed by atoms with Crippen molar-refractivity contribution in [2.75, 3.05) is 20.7 Å². The van der Waals surface area contributed by atoms with Crippen LogP contribution in [-0.2, 0) is 23.6 Å². The van der Waals surface area contributed by atoms with Gasteiger partial charge < -0.3 is 24.1 Å². The van der Waals surface area contributed by atoms with Gasteiger partial charge in [-0.1, -0.05) is 0 Å². The van der Waals surface area contributed by atoms with Crippen LogP contribution in [0.1, 0.15) is 61.3 Å². The van der Waals surface area contributed by atoms with Crippen molar-refractivity contribution < 1.29 is 28.4 Å². The van der Waals surface area contributed by atoms with Crippen LogP contribution in [0.4, 0.5) is 4.79 Å². The number of rotatable bonds is 4. The predicted molar refractivity (Wildman–Crippen MR) is 118 cm³/mol. The van der Waals surface area contributed by atoms with Gasteiger partial charge in [0, 0.05) is 18.0 Å². The zero-order valence-electron chi connectivity index (χ0n) is 20.5. The average Bonchev–Trinajstić information content (AvgIpc) is 3.17. The monoisotopic (exact) mass is 438 g/mol. The van der Waals surface area contributed by atoms with Gasteiger partial charge in [-0.3, -0.25) is 4.90 Å². The molecular formula is C22H39BN2O6. The molecule has 0 bridgehead atoms. The molecule has 31 heavy (non-hydrogen) atoms. The van der Waals surface area contributed by atoms with Crippen LogP contribution < -0.4 is 5.32 Å². The molecule has 4 atom stereocenters. The standard InChI is InChI=1S/C22H39BN2O6/c1-19(2,3)29-18(27)25-13-22(24-8)11-14(10-15(22)16(25)17(26)28-9)12-23-30-20(4,5)21(6,7)31-23/h14-16,24H,10-13H2,1-9H3/t14?,15-,16?,22-/m1/s1. The van der Waals surface area contributed by atoms with E-state index in [9.17, 15) is 9.59 Å². The van der Waals surface area contributed by atoms with Gasteiger partial charge in [0.15, 0.2) is 0 Å². The smallest absolute Gasteiger partial charge is 0.458 e. The highest BCUT2D eigenvalue weighted by atomic mass is 16.7. The molecule has 8 nitrogen and oxygen atoms in total. The van der Waals surface area contributed by atoms with E-state index in [1.54, 1.807) is 4.90 Å². The van der Waals surface area contributed by atoms with Gasteiger partial charge in [0.1, 0.15) is 11.6 Å². The maximum atomic E-state index is 12.9. The van der Waals surface area contributed by atoms with E-state index in [-0.39, 0.29) is 29.8 Å². The lowest BCUT2D eigenvalue weighted by molar-refractivity contribution is -0.147. The Bertz CT molecular complexity index is 705. The van der Waals surface area contributed by atoms with Gasteiger partial charge >= 0.3 is 19.2 Å². The van der Waals surface area contributed by atoms with Crippen molar-refractivity contribution in [2.45, 2.75) is 96.0 Å². The summed E-state index contributed by atoms with van der Waals surface area (Å²) in [5, 5.41) is 3.44. The van der Waals surface area contributed by atoms with Crippen LogP contribution in [0.25, 0.3) is 0 Å². The number of amides is 1. The number of methoxy groups -OCH3 is 1. The van der Waals surface area contributed by atoms with Crippen LogP contribution in [0.3, 0.4) is 0 Å². The van der Waals surface area contributed by atoms with E-state index in [0.29, 0.717) is 12.5 Å². The molecule has 9 heteroatoms. The third-order valence-electron chi connectivity index (χ3n) is 7.52. The van der Waals surface area contributed by atoms with Crippen LogP contribution in [-0.4, -0.2) is 73.2 Å². The first kappa shape index (κ1) is 24.3. The molecule has 0 radical (unpaired) electrons. The van der Waals surface area contributed by atoms with E-state index in [0.717, 1.165) is 19.2 Å². The first-order valence-corrected chi connectivity index (χ1v) is 11.3. The average molecular weight is 438 g/mol. The van der Waals surface area contributed by atoms with Crippen LogP contribution in [0.2, 0.25) is 6.32 Å². The normalized spacial score (nSPS) is 34.0. The van der Waals surface area contributed by atoms with Crippen LogP contribution >= 0.6 is 0 Å². The number of carbonyl (C=O) groups is 2. The molecule has 3 fully saturated rings. The fourth-order valence-electron chi connectivity index (χ4n) is 5.36. The summed E-state index contributed by atoms with van der Waals surface area (Å²) in [6.07, 6.45) is 1.89. The Morgan fingerprint density at radius 1 is 1.16 bits per heavy atom. The summed E-state index contributed by atoms with van der Waals surface area (Å²) < 4.78 is 23.1. The Labute approximate surface area is 186 Å². The highest BCUT2D eigenvalue weighted by molar-refractivity contribution is 6.45. The van der Waals surface area contributed by atoms with Crippen molar-refractivity contribution in [2.24, 2.45) is 11.8 Å². The van der Waals surface area contributed by atoms with Gasteiger partial charge in [0.25, 0.3) is 0 Å². The van der Waals surface area contributed by atoms with Gasteiger partial charge in [0.05, 0.1) is 18.3 Å². The Morgan fingerprint density at radius 2 is 1.74 bits per heavy atom. The number of carbonyl (C=O) groups excluding carboxylic acids is 2. The van der Waals surface area contributed by atoms with Crippen LogP contribution in [0.15, 0.2) is 0 Å². The topological polar surface area (TPSA) is 86.3 Å². The van der Waals surface area contributed by atoms with Crippen LogP contribution in [0.5, 0.6) is 0 Å². The number of ether oxygens (including phenoxy) is 2. The first-order valence-electron chi connectivity index (χ1n) is 11.3. The third kappa shape index (κ3) is 4.46. The zero-order valence-corrected chi connectivity index (χ0v) is 20.5. The van der Waals surface area contributed by atoms with Gasteiger partial charge in [-0.2, -0.15) is 0 Å². The molecule has 3 rings (SSSR count). The van der Waals surface area contributed by atoms with E-state index < -0.39 is 23.7 Å². The lowest BCUT2D eigenvalue weighted by atomic mass is 9.76. The highest BCUT2D eigenvalue weighted by Gasteiger charge is 2.62. The molecule has 1 aliphatic carbocycles. The van der Waals surface area contributed by atoms with Gasteiger partial charge in [-0.05, 0) is 80.6 Å². The molecule has 0 aromatic carbocycles. The summed E-state index contributed by atoms with van der Waals surface area (Å²) in [6, 6.07) is -0.671. The third-order valence-corrected chi connectivity index (χ3v) is 7.52. The van der Waals surface area contributed by atoms with Crippen molar-refractivity contribution >= 4 is 19.2 Å². The summed E-state index contributed by atoms with van der Waals surface area (Å²) in [6.45, 7) is 14.1. The summed E-state index contributed by atoms with van der Waals surface area (Å²) in [4.78, 5) is 27.2. The molecule has 2 unspecified atom stereocenters. The minimum Gasteiger partial charge on any atom is -0.467 e. The fraction of sp³-hybridized carbons (Fsp3) is 0.909. The molecule has 1 amide bonds. The van der Waals surface area contributed by atoms with Crippen molar-refractivity contribution in [1.82, 2.24) is 10.2 Å². The number of nitrogens with one attached hydrogen (secondary N) is 1. The zero-order chi connectivity index (χ0) is 23.4. The summed E-state index contributed by atoms with van der Waals surface area (Å²) in [7, 11) is 2.99. The number of fused-ring (bicyclic) bond motifs is 1. The number of likely N-dealkylation sites (N-methyl/N-ethyl adjacent to an activating group) is 1. The largest absolute Gasteiger partial charge is 0.467 e. The maximum Gasteiger partial charge on any atom is 0.458 e. The van der Waals surface area contributed by atoms with E-state index in [1.165, 1.54) is 7.11 Å². The number of likely N-dealkylation sites (tertiary alicyclic amines) is 1. The second-order valence-corrected chi connectivity index (χ2v) is 11.3. The number of hydrogen-bond donors (Lipinski definition) is 1. The van der Waals surface area contributed by atoms with Crippen molar-refractivity contribution in [1.29, 1.82) is 0 Å². The minimum absolute atomic E-state index is 0.0649. The highest BCUT2D eigenvalue weighted by Crippen LogP contribution is 2.51. The van der Waals surface area contributed by atoms with Crippen molar-refractivity contribution in [3.63, 3.8) is 0 Å². The Morgan fingerprint density at radius 3 is 2.23 bits per heavy atom. The predicted octanol–water partition coefficient (Wildman–Crippen LogP) is 2.86. The molecule has 0 spiro atoms. The molecule has 0 aromatic rings. The number of esters is 1. The molecule has 1 N–H and O–H groups in total. The van der Waals surface area contributed by atoms with E-state index >= 15 is 0 Å². The maximum absolute atomic E-state index is 12.9. The summed E-state index contributed by atoms with van der Waals surface area (Å²) in [5.41, 5.74) is -1.74. The quantitative estimate of drug-likeness (QED) is 0.534. The Hall–Kier alpha value is -1.32. The fourth-order valence-corrected chi connectivity index (χ4v) is 5.36. The van der Waals surface area contributed by atoms with Crippen molar-refractivity contribution in [3.05, 3.63) is 0 Å². The lowest BCUT2D eigenvalue weighted by Gasteiger charge is -2.32. The van der Waals surface area contributed by atoms with Gasteiger partial charge in [-0.15, -0.1) is 0 Å². The molecule has 2 saturated heterocycles.